The second-order valence-electron chi connectivity index (χ2n) is 8.00. The number of halogens is 1. The molecule has 0 aliphatic heterocycles. The van der Waals surface area contributed by atoms with Crippen LogP contribution < -0.4 is 5.56 Å². The molecule has 0 aliphatic carbocycles. The molecule has 0 N–H and O–H groups in total. The third kappa shape index (κ3) is 3.97. The largest absolute Gasteiger partial charge is 0.303 e. The summed E-state index contributed by atoms with van der Waals surface area (Å²) in [6, 6.07) is 11.6. The van der Waals surface area contributed by atoms with Crippen LogP contribution in [-0.2, 0) is 0 Å². The molecule has 3 heterocycles. The van der Waals surface area contributed by atoms with Crippen molar-refractivity contribution in [1.82, 2.24) is 19.2 Å². The Kier molecular flexibility index (Phi) is 5.62. The molecule has 0 fully saturated rings. The van der Waals surface area contributed by atoms with Crippen LogP contribution in [0, 0.1) is 20.8 Å². The van der Waals surface area contributed by atoms with Gasteiger partial charge >= 0.3 is 0 Å². The molecule has 0 amide bonds. The summed E-state index contributed by atoms with van der Waals surface area (Å²) in [6.07, 6.45) is 3.54. The number of aromatic nitrogens is 4. The fraction of sp³-hybridized carbons (Fsp3) is 0.250. The summed E-state index contributed by atoms with van der Waals surface area (Å²) < 4.78 is 4.34. The van der Waals surface area contributed by atoms with Gasteiger partial charge in [0.25, 0.3) is 5.56 Å². The highest BCUT2D eigenvalue weighted by Crippen LogP contribution is 2.21. The number of rotatable bonds is 4. The molecule has 0 spiro atoms. The van der Waals surface area contributed by atoms with Gasteiger partial charge in [-0.15, -0.1) is 0 Å². The summed E-state index contributed by atoms with van der Waals surface area (Å²) in [5.74, 6) is 1.54. The Morgan fingerprint density at radius 3 is 2.58 bits per heavy atom. The molecule has 158 valence electrons. The van der Waals surface area contributed by atoms with Crippen molar-refractivity contribution in [2.45, 2.75) is 40.5 Å². The molecule has 0 saturated heterocycles. The molecule has 1 aromatic carbocycles. The SMILES string of the molecule is Cc1ccnc(-n2c(C)cc(C=Nn3c(C(C)C)nc4ccc(Br)cc4c3=O)c2C)c1. The summed E-state index contributed by atoms with van der Waals surface area (Å²) in [5, 5.41) is 5.10. The zero-order chi connectivity index (χ0) is 22.3. The van der Waals surface area contributed by atoms with Gasteiger partial charge in [-0.1, -0.05) is 29.8 Å². The first-order chi connectivity index (χ1) is 14.8. The van der Waals surface area contributed by atoms with Gasteiger partial charge < -0.3 is 4.57 Å². The lowest BCUT2D eigenvalue weighted by Gasteiger charge is -2.12. The van der Waals surface area contributed by atoms with Gasteiger partial charge in [-0.05, 0) is 62.7 Å². The van der Waals surface area contributed by atoms with E-state index in [1.54, 1.807) is 12.3 Å². The molecular weight excluding hydrogens is 454 g/mol. The average Bonchev–Trinajstić information content (AvgIpc) is 3.00. The molecule has 6 nitrogen and oxygen atoms in total. The van der Waals surface area contributed by atoms with E-state index in [1.165, 1.54) is 4.68 Å². The Morgan fingerprint density at radius 2 is 1.87 bits per heavy atom. The molecule has 4 aromatic rings. The molecule has 4 rings (SSSR count). The molecule has 0 atom stereocenters. The van der Waals surface area contributed by atoms with Crippen molar-refractivity contribution < 1.29 is 0 Å². The topological polar surface area (TPSA) is 65.1 Å². The maximum atomic E-state index is 13.2. The van der Waals surface area contributed by atoms with Crippen molar-refractivity contribution in [1.29, 1.82) is 0 Å². The van der Waals surface area contributed by atoms with Crippen molar-refractivity contribution in [3.05, 3.63) is 85.8 Å². The van der Waals surface area contributed by atoms with Gasteiger partial charge in [0, 0.05) is 33.5 Å². The first kappa shape index (κ1) is 21.2. The van der Waals surface area contributed by atoms with Crippen LogP contribution in [0.25, 0.3) is 16.7 Å². The van der Waals surface area contributed by atoms with E-state index in [1.807, 2.05) is 71.1 Å². The Labute approximate surface area is 189 Å². The van der Waals surface area contributed by atoms with Crippen LogP contribution in [0.5, 0.6) is 0 Å². The van der Waals surface area contributed by atoms with E-state index < -0.39 is 0 Å². The number of nitrogens with zero attached hydrogens (tertiary/aromatic N) is 5. The highest BCUT2D eigenvalue weighted by Gasteiger charge is 2.15. The fourth-order valence-corrected chi connectivity index (χ4v) is 4.05. The van der Waals surface area contributed by atoms with E-state index in [0.717, 1.165) is 32.8 Å². The van der Waals surface area contributed by atoms with Gasteiger partial charge in [-0.25, -0.2) is 9.97 Å². The minimum atomic E-state index is -0.180. The maximum Gasteiger partial charge on any atom is 0.282 e. The number of aryl methyl sites for hydroxylation is 2. The number of pyridine rings is 1. The molecule has 0 unspecified atom stereocenters. The molecule has 0 saturated carbocycles. The van der Waals surface area contributed by atoms with Crippen molar-refractivity contribution in [2.75, 3.05) is 0 Å². The quantitative estimate of drug-likeness (QED) is 0.375. The number of hydrogen-bond acceptors (Lipinski definition) is 4. The third-order valence-electron chi connectivity index (χ3n) is 5.26. The van der Waals surface area contributed by atoms with Crippen LogP contribution in [0.3, 0.4) is 0 Å². The standard InChI is InChI=1S/C24H24BrN5O/c1-14(2)23-28-21-7-6-19(25)12-20(21)24(31)30(23)27-13-18-11-16(4)29(17(18)5)22-10-15(3)8-9-26-22/h6-14H,1-5H3. The van der Waals surface area contributed by atoms with E-state index in [-0.39, 0.29) is 11.5 Å². The van der Waals surface area contributed by atoms with Crippen molar-refractivity contribution in [3.8, 4) is 5.82 Å². The molecule has 3 aromatic heterocycles. The van der Waals surface area contributed by atoms with E-state index in [4.69, 9.17) is 4.98 Å². The molecule has 7 heteroatoms. The highest BCUT2D eigenvalue weighted by atomic mass is 79.9. The second-order valence-corrected chi connectivity index (χ2v) is 8.92. The Hall–Kier alpha value is -3.06. The first-order valence-corrected chi connectivity index (χ1v) is 10.9. The van der Waals surface area contributed by atoms with E-state index in [2.05, 4.69) is 30.6 Å². The average molecular weight is 478 g/mol. The Balaban J connectivity index is 1.84. The fourth-order valence-electron chi connectivity index (χ4n) is 3.68. The zero-order valence-corrected chi connectivity index (χ0v) is 19.8. The summed E-state index contributed by atoms with van der Waals surface area (Å²) in [4.78, 5) is 22.4. The summed E-state index contributed by atoms with van der Waals surface area (Å²) in [5.41, 5.74) is 4.63. The molecule has 0 radical (unpaired) electrons. The van der Waals surface area contributed by atoms with Gasteiger partial charge in [-0.3, -0.25) is 4.79 Å². The highest BCUT2D eigenvalue weighted by molar-refractivity contribution is 9.10. The maximum absolute atomic E-state index is 13.2. The van der Waals surface area contributed by atoms with Crippen molar-refractivity contribution in [2.24, 2.45) is 5.10 Å². The predicted molar refractivity (Wildman–Crippen MR) is 129 cm³/mol. The van der Waals surface area contributed by atoms with Gasteiger partial charge in [0.05, 0.1) is 17.1 Å². The lowest BCUT2D eigenvalue weighted by molar-refractivity contribution is 0.665. The van der Waals surface area contributed by atoms with Gasteiger partial charge in [0.15, 0.2) is 0 Å². The van der Waals surface area contributed by atoms with Crippen LogP contribution in [0.2, 0.25) is 0 Å². The van der Waals surface area contributed by atoms with Crippen molar-refractivity contribution in [3.63, 3.8) is 0 Å². The Bertz CT molecular complexity index is 1380. The minimum absolute atomic E-state index is 0.0434. The van der Waals surface area contributed by atoms with Crippen LogP contribution >= 0.6 is 15.9 Å². The normalized spacial score (nSPS) is 11.8. The summed E-state index contributed by atoms with van der Waals surface area (Å²) >= 11 is 3.44. The Morgan fingerprint density at radius 1 is 1.10 bits per heavy atom. The smallest absolute Gasteiger partial charge is 0.282 e. The molecular formula is C24H24BrN5O. The molecule has 31 heavy (non-hydrogen) atoms. The number of fused-ring (bicyclic) bond motifs is 1. The van der Waals surface area contributed by atoms with Gasteiger partial charge in [-0.2, -0.15) is 9.78 Å². The lowest BCUT2D eigenvalue weighted by atomic mass is 10.2. The molecule has 0 aliphatic rings. The minimum Gasteiger partial charge on any atom is -0.303 e. The first-order valence-electron chi connectivity index (χ1n) is 10.1. The van der Waals surface area contributed by atoms with Gasteiger partial charge in [0.2, 0.25) is 0 Å². The zero-order valence-electron chi connectivity index (χ0n) is 18.2. The van der Waals surface area contributed by atoms with Crippen LogP contribution in [0.4, 0.5) is 0 Å². The lowest BCUT2D eigenvalue weighted by Crippen LogP contribution is -2.23. The number of hydrogen-bond donors (Lipinski definition) is 0. The molecule has 0 bridgehead atoms. The second kappa shape index (κ2) is 8.23. The van der Waals surface area contributed by atoms with E-state index >= 15 is 0 Å². The van der Waals surface area contributed by atoms with E-state index in [9.17, 15) is 4.79 Å². The van der Waals surface area contributed by atoms with E-state index in [0.29, 0.717) is 16.7 Å². The van der Waals surface area contributed by atoms with Crippen LogP contribution in [0.1, 0.15) is 48.1 Å². The van der Waals surface area contributed by atoms with Crippen LogP contribution in [-0.4, -0.2) is 25.4 Å². The predicted octanol–water partition coefficient (Wildman–Crippen LogP) is 5.28. The van der Waals surface area contributed by atoms with Gasteiger partial charge in [0.1, 0.15) is 11.6 Å². The van der Waals surface area contributed by atoms with Crippen LogP contribution in [0.15, 0.2) is 57.0 Å². The summed E-state index contributed by atoms with van der Waals surface area (Å²) in [6.45, 7) is 10.1. The number of benzene rings is 1. The monoisotopic (exact) mass is 477 g/mol. The van der Waals surface area contributed by atoms with Crippen molar-refractivity contribution >= 4 is 33.0 Å². The summed E-state index contributed by atoms with van der Waals surface area (Å²) in [7, 11) is 0. The third-order valence-corrected chi connectivity index (χ3v) is 5.76.